The number of imidazole rings is 1. The van der Waals surface area contributed by atoms with Crippen molar-refractivity contribution in [3.63, 3.8) is 0 Å². The summed E-state index contributed by atoms with van der Waals surface area (Å²) in [5.41, 5.74) is 3.28. The van der Waals surface area contributed by atoms with Crippen LogP contribution in [-0.4, -0.2) is 23.6 Å². The number of benzene rings is 2. The van der Waals surface area contributed by atoms with E-state index in [-0.39, 0.29) is 0 Å². The molecule has 0 fully saturated rings. The lowest BCUT2D eigenvalue weighted by Crippen LogP contribution is -2.08. The van der Waals surface area contributed by atoms with E-state index in [1.165, 1.54) is 5.69 Å². The molecule has 1 aromatic heterocycles. The van der Waals surface area contributed by atoms with Gasteiger partial charge in [0.25, 0.3) is 0 Å². The molecule has 106 valence electrons. The third kappa shape index (κ3) is 2.89. The van der Waals surface area contributed by atoms with Gasteiger partial charge >= 0.3 is 0 Å². The van der Waals surface area contributed by atoms with E-state index in [0.717, 1.165) is 17.3 Å². The van der Waals surface area contributed by atoms with Gasteiger partial charge in [0.2, 0.25) is 5.95 Å². The summed E-state index contributed by atoms with van der Waals surface area (Å²) >= 11 is 0. The van der Waals surface area contributed by atoms with Gasteiger partial charge in [0.05, 0.1) is 0 Å². The van der Waals surface area contributed by atoms with E-state index < -0.39 is 0 Å². The fourth-order valence-corrected chi connectivity index (χ4v) is 2.17. The number of aromatic nitrogens is 2. The number of nitrogens with zero attached hydrogens (tertiary/aromatic N) is 3. The molecule has 0 aliphatic rings. The molecule has 0 atom stereocenters. The van der Waals surface area contributed by atoms with Crippen molar-refractivity contribution in [3.8, 4) is 5.69 Å². The van der Waals surface area contributed by atoms with E-state index in [4.69, 9.17) is 0 Å². The molecule has 0 saturated heterocycles. The quantitative estimate of drug-likeness (QED) is 0.790. The van der Waals surface area contributed by atoms with Gasteiger partial charge in [-0.2, -0.15) is 0 Å². The van der Waals surface area contributed by atoms with Gasteiger partial charge in [-0.25, -0.2) is 4.98 Å². The molecule has 0 aliphatic carbocycles. The van der Waals surface area contributed by atoms with Crippen molar-refractivity contribution in [1.29, 1.82) is 0 Å². The predicted octanol–water partition coefficient (Wildman–Crippen LogP) is 3.68. The van der Waals surface area contributed by atoms with Crippen LogP contribution in [0.25, 0.3) is 5.69 Å². The average Bonchev–Trinajstić information content (AvgIpc) is 2.96. The first-order valence-electron chi connectivity index (χ1n) is 6.87. The van der Waals surface area contributed by atoms with Crippen LogP contribution in [0.4, 0.5) is 17.3 Å². The van der Waals surface area contributed by atoms with Crippen LogP contribution in [0.15, 0.2) is 67.0 Å². The molecule has 0 bridgehead atoms. The van der Waals surface area contributed by atoms with Crippen molar-refractivity contribution in [1.82, 2.24) is 9.55 Å². The number of nitrogens with one attached hydrogen (secondary N) is 1. The Labute approximate surface area is 124 Å². The predicted molar refractivity (Wildman–Crippen MR) is 87.6 cm³/mol. The summed E-state index contributed by atoms with van der Waals surface area (Å²) in [6, 6.07) is 18.4. The molecular weight excluding hydrogens is 260 g/mol. The van der Waals surface area contributed by atoms with Gasteiger partial charge in [0.15, 0.2) is 0 Å². The number of anilines is 3. The molecule has 0 aliphatic heterocycles. The van der Waals surface area contributed by atoms with Crippen LogP contribution >= 0.6 is 0 Å². The van der Waals surface area contributed by atoms with Crippen molar-refractivity contribution in [2.24, 2.45) is 0 Å². The Hall–Kier alpha value is -2.75. The molecule has 0 amide bonds. The van der Waals surface area contributed by atoms with Crippen molar-refractivity contribution >= 4 is 17.3 Å². The number of rotatable bonds is 4. The summed E-state index contributed by atoms with van der Waals surface area (Å²) < 4.78 is 2.03. The normalized spacial score (nSPS) is 10.4. The van der Waals surface area contributed by atoms with Crippen LogP contribution in [0.5, 0.6) is 0 Å². The van der Waals surface area contributed by atoms with Crippen molar-refractivity contribution in [2.45, 2.75) is 0 Å². The van der Waals surface area contributed by atoms with Gasteiger partial charge in [-0.3, -0.25) is 4.57 Å². The summed E-state index contributed by atoms with van der Waals surface area (Å²) in [7, 11) is 4.07. The third-order valence-electron chi connectivity index (χ3n) is 3.31. The Bertz CT molecular complexity index is 699. The van der Waals surface area contributed by atoms with Gasteiger partial charge in [0, 0.05) is 43.6 Å². The Kier molecular flexibility index (Phi) is 3.60. The summed E-state index contributed by atoms with van der Waals surface area (Å²) in [6.07, 6.45) is 3.75. The summed E-state index contributed by atoms with van der Waals surface area (Å²) in [4.78, 5) is 6.47. The fourth-order valence-electron chi connectivity index (χ4n) is 2.17. The maximum absolute atomic E-state index is 4.39. The van der Waals surface area contributed by atoms with Gasteiger partial charge < -0.3 is 10.2 Å². The lowest BCUT2D eigenvalue weighted by atomic mass is 10.2. The van der Waals surface area contributed by atoms with E-state index in [0.29, 0.717) is 0 Å². The third-order valence-corrected chi connectivity index (χ3v) is 3.31. The molecule has 4 heteroatoms. The smallest absolute Gasteiger partial charge is 0.212 e. The standard InChI is InChI=1S/C17H18N4/c1-20(2)15-8-10-16(11-9-15)21-13-12-18-17(21)19-14-6-4-3-5-7-14/h3-13H,1-2H3,(H,18,19). The molecule has 0 saturated carbocycles. The zero-order valence-corrected chi connectivity index (χ0v) is 12.2. The molecule has 0 radical (unpaired) electrons. The first kappa shape index (κ1) is 13.2. The second kappa shape index (κ2) is 5.71. The molecule has 2 aromatic carbocycles. The molecule has 4 nitrogen and oxygen atoms in total. The molecule has 0 spiro atoms. The first-order chi connectivity index (χ1) is 10.2. The van der Waals surface area contributed by atoms with Crippen LogP contribution in [0.3, 0.4) is 0 Å². The van der Waals surface area contributed by atoms with Crippen molar-refractivity contribution < 1.29 is 0 Å². The fraction of sp³-hybridized carbons (Fsp3) is 0.118. The molecule has 0 unspecified atom stereocenters. The number of para-hydroxylation sites is 1. The Morgan fingerprint density at radius 3 is 2.33 bits per heavy atom. The minimum Gasteiger partial charge on any atom is -0.378 e. The van der Waals surface area contributed by atoms with Crippen LogP contribution < -0.4 is 10.2 Å². The molecular formula is C17H18N4. The second-order valence-electron chi connectivity index (χ2n) is 5.02. The Morgan fingerprint density at radius 2 is 1.67 bits per heavy atom. The highest BCUT2D eigenvalue weighted by atomic mass is 15.2. The van der Waals surface area contributed by atoms with Crippen LogP contribution in [0, 0.1) is 0 Å². The van der Waals surface area contributed by atoms with Gasteiger partial charge in [-0.15, -0.1) is 0 Å². The molecule has 21 heavy (non-hydrogen) atoms. The SMILES string of the molecule is CN(C)c1ccc(-n2ccnc2Nc2ccccc2)cc1. The van der Waals surface area contributed by atoms with Crippen molar-refractivity contribution in [3.05, 3.63) is 67.0 Å². The lowest BCUT2D eigenvalue weighted by Gasteiger charge is -2.14. The van der Waals surface area contributed by atoms with Gasteiger partial charge in [0.1, 0.15) is 0 Å². The molecule has 3 rings (SSSR count). The topological polar surface area (TPSA) is 33.1 Å². The maximum Gasteiger partial charge on any atom is 0.212 e. The zero-order valence-electron chi connectivity index (χ0n) is 12.2. The molecule has 1 heterocycles. The number of hydrogen-bond acceptors (Lipinski definition) is 3. The van der Waals surface area contributed by atoms with E-state index in [2.05, 4.69) is 39.5 Å². The van der Waals surface area contributed by atoms with Gasteiger partial charge in [-0.05, 0) is 36.4 Å². The highest BCUT2D eigenvalue weighted by Crippen LogP contribution is 2.21. The van der Waals surface area contributed by atoms with Crippen molar-refractivity contribution in [2.75, 3.05) is 24.3 Å². The number of hydrogen-bond donors (Lipinski definition) is 1. The van der Waals surface area contributed by atoms with E-state index in [1.54, 1.807) is 6.20 Å². The van der Waals surface area contributed by atoms with Crippen LogP contribution in [0.2, 0.25) is 0 Å². The van der Waals surface area contributed by atoms with Crippen LogP contribution in [-0.2, 0) is 0 Å². The first-order valence-corrected chi connectivity index (χ1v) is 6.87. The van der Waals surface area contributed by atoms with Crippen LogP contribution in [0.1, 0.15) is 0 Å². The summed E-state index contributed by atoms with van der Waals surface area (Å²) in [5, 5.41) is 3.33. The summed E-state index contributed by atoms with van der Waals surface area (Å²) in [5.74, 6) is 0.804. The molecule has 1 N–H and O–H groups in total. The monoisotopic (exact) mass is 278 g/mol. The summed E-state index contributed by atoms with van der Waals surface area (Å²) in [6.45, 7) is 0. The largest absolute Gasteiger partial charge is 0.378 e. The van der Waals surface area contributed by atoms with E-state index in [9.17, 15) is 0 Å². The second-order valence-corrected chi connectivity index (χ2v) is 5.02. The average molecular weight is 278 g/mol. The van der Waals surface area contributed by atoms with Gasteiger partial charge in [-0.1, -0.05) is 18.2 Å². The van der Waals surface area contributed by atoms with E-state index in [1.807, 2.05) is 55.2 Å². The minimum atomic E-state index is 0.804. The highest BCUT2D eigenvalue weighted by molar-refractivity contribution is 5.57. The molecule has 3 aromatic rings. The zero-order chi connectivity index (χ0) is 14.7. The highest BCUT2D eigenvalue weighted by Gasteiger charge is 2.05. The Morgan fingerprint density at radius 1 is 0.952 bits per heavy atom. The minimum absolute atomic E-state index is 0.804. The van der Waals surface area contributed by atoms with E-state index >= 15 is 0 Å². The lowest BCUT2D eigenvalue weighted by molar-refractivity contribution is 1.06. The Balaban J connectivity index is 1.88. The maximum atomic E-state index is 4.39.